The number of nitrogens with zero attached hydrogens (tertiary/aromatic N) is 3. The summed E-state index contributed by atoms with van der Waals surface area (Å²) in [6, 6.07) is 16.5. The van der Waals surface area contributed by atoms with E-state index in [9.17, 15) is 13.2 Å². The number of benzene rings is 2. The van der Waals surface area contributed by atoms with E-state index in [0.717, 1.165) is 15.4 Å². The summed E-state index contributed by atoms with van der Waals surface area (Å²) >= 11 is 6.21. The molecule has 0 unspecified atom stereocenters. The van der Waals surface area contributed by atoms with Gasteiger partial charge < -0.3 is 0 Å². The summed E-state index contributed by atoms with van der Waals surface area (Å²) in [7, 11) is -4.02. The molecule has 1 amide bonds. The van der Waals surface area contributed by atoms with Gasteiger partial charge in [-0.05, 0) is 55.8 Å². The molecule has 2 aromatic carbocycles. The second kappa shape index (κ2) is 9.72. The SMILES string of the molecule is Cc1ccc(S(=O)(=O)N(CC(=O)N/N=C\c2ccccn2)c2ccc(C)c(Cl)c2)cc1. The molecule has 31 heavy (non-hydrogen) atoms. The molecule has 3 rings (SSSR count). The van der Waals surface area contributed by atoms with E-state index >= 15 is 0 Å². The Labute approximate surface area is 186 Å². The third-order valence-electron chi connectivity index (χ3n) is 4.41. The fraction of sp³-hybridized carbons (Fsp3) is 0.136. The third kappa shape index (κ3) is 5.68. The van der Waals surface area contributed by atoms with Crippen LogP contribution in [-0.4, -0.2) is 32.1 Å². The lowest BCUT2D eigenvalue weighted by Gasteiger charge is -2.24. The Hall–Kier alpha value is -3.23. The molecule has 1 aromatic heterocycles. The first-order valence-corrected chi connectivity index (χ1v) is 11.2. The molecule has 0 fully saturated rings. The Morgan fingerprint density at radius 1 is 1.13 bits per heavy atom. The standard InChI is InChI=1S/C22H21ClN4O3S/c1-16-6-10-20(11-7-16)31(29,30)27(19-9-8-17(2)21(23)13-19)15-22(28)26-25-14-18-5-3-4-12-24-18/h3-14H,15H2,1-2H3,(H,26,28)/b25-14-. The molecule has 0 radical (unpaired) electrons. The van der Waals surface area contributed by atoms with Crippen LogP contribution in [0.25, 0.3) is 0 Å². The lowest BCUT2D eigenvalue weighted by molar-refractivity contribution is -0.119. The van der Waals surface area contributed by atoms with Crippen LogP contribution in [0.2, 0.25) is 5.02 Å². The number of nitrogens with one attached hydrogen (secondary N) is 1. The maximum Gasteiger partial charge on any atom is 0.264 e. The Morgan fingerprint density at radius 3 is 2.52 bits per heavy atom. The highest BCUT2D eigenvalue weighted by atomic mass is 35.5. The van der Waals surface area contributed by atoms with Crippen LogP contribution >= 0.6 is 11.6 Å². The number of rotatable bonds is 7. The first-order chi connectivity index (χ1) is 14.8. The van der Waals surface area contributed by atoms with Gasteiger partial charge in [-0.25, -0.2) is 13.8 Å². The highest BCUT2D eigenvalue weighted by molar-refractivity contribution is 7.92. The van der Waals surface area contributed by atoms with Gasteiger partial charge in [-0.2, -0.15) is 5.10 Å². The van der Waals surface area contributed by atoms with E-state index < -0.39 is 22.5 Å². The summed E-state index contributed by atoms with van der Waals surface area (Å²) in [6.07, 6.45) is 2.97. The zero-order valence-corrected chi connectivity index (χ0v) is 18.6. The predicted molar refractivity (Wildman–Crippen MR) is 122 cm³/mol. The fourth-order valence-corrected chi connectivity index (χ4v) is 4.27. The maximum absolute atomic E-state index is 13.3. The van der Waals surface area contributed by atoms with Crippen LogP contribution < -0.4 is 9.73 Å². The van der Waals surface area contributed by atoms with Crippen molar-refractivity contribution in [1.82, 2.24) is 10.4 Å². The van der Waals surface area contributed by atoms with E-state index in [2.05, 4.69) is 15.5 Å². The molecule has 9 heteroatoms. The van der Waals surface area contributed by atoms with Gasteiger partial charge >= 0.3 is 0 Å². The molecule has 160 valence electrons. The van der Waals surface area contributed by atoms with Crippen LogP contribution in [0.3, 0.4) is 0 Å². The second-order valence-corrected chi connectivity index (χ2v) is 9.08. The Morgan fingerprint density at radius 2 is 1.87 bits per heavy atom. The van der Waals surface area contributed by atoms with Gasteiger partial charge in [0.1, 0.15) is 6.54 Å². The summed E-state index contributed by atoms with van der Waals surface area (Å²) in [5.74, 6) is -0.612. The van der Waals surface area contributed by atoms with Crippen molar-refractivity contribution in [3.05, 3.63) is 88.7 Å². The molecule has 0 aliphatic carbocycles. The van der Waals surface area contributed by atoms with Crippen molar-refractivity contribution in [1.29, 1.82) is 0 Å². The van der Waals surface area contributed by atoms with Crippen molar-refractivity contribution in [3.8, 4) is 0 Å². The zero-order valence-electron chi connectivity index (χ0n) is 17.0. The molecule has 0 saturated heterocycles. The summed E-state index contributed by atoms with van der Waals surface area (Å²) in [4.78, 5) is 16.7. The van der Waals surface area contributed by atoms with Crippen LogP contribution in [0, 0.1) is 13.8 Å². The topological polar surface area (TPSA) is 91.7 Å². The highest BCUT2D eigenvalue weighted by Gasteiger charge is 2.27. The molecule has 1 heterocycles. The lowest BCUT2D eigenvalue weighted by atomic mass is 10.2. The van der Waals surface area contributed by atoms with Crippen molar-refractivity contribution in [3.63, 3.8) is 0 Å². The van der Waals surface area contributed by atoms with E-state index in [4.69, 9.17) is 11.6 Å². The van der Waals surface area contributed by atoms with Gasteiger partial charge in [-0.1, -0.05) is 41.4 Å². The Balaban J connectivity index is 1.88. The first-order valence-electron chi connectivity index (χ1n) is 9.36. The molecule has 0 atom stereocenters. The van der Waals surface area contributed by atoms with Crippen molar-refractivity contribution in [2.45, 2.75) is 18.7 Å². The number of halogens is 1. The molecule has 0 aliphatic heterocycles. The molecule has 0 spiro atoms. The lowest BCUT2D eigenvalue weighted by Crippen LogP contribution is -2.39. The normalized spacial score (nSPS) is 11.5. The van der Waals surface area contributed by atoms with Crippen molar-refractivity contribution < 1.29 is 13.2 Å². The highest BCUT2D eigenvalue weighted by Crippen LogP contribution is 2.28. The third-order valence-corrected chi connectivity index (χ3v) is 6.61. The minimum absolute atomic E-state index is 0.0691. The number of anilines is 1. The number of hydrogen-bond acceptors (Lipinski definition) is 5. The molecule has 0 aliphatic rings. The number of sulfonamides is 1. The predicted octanol–water partition coefficient (Wildman–Crippen LogP) is 3.70. The van der Waals surface area contributed by atoms with Gasteiger partial charge in [0.25, 0.3) is 15.9 Å². The van der Waals surface area contributed by atoms with Gasteiger partial charge in [-0.3, -0.25) is 14.1 Å². The van der Waals surface area contributed by atoms with E-state index in [1.165, 1.54) is 24.4 Å². The number of amides is 1. The zero-order chi connectivity index (χ0) is 22.4. The maximum atomic E-state index is 13.3. The summed E-state index contributed by atoms with van der Waals surface area (Å²) in [5.41, 5.74) is 4.89. The van der Waals surface area contributed by atoms with Gasteiger partial charge in [0, 0.05) is 11.2 Å². The largest absolute Gasteiger partial charge is 0.271 e. The Kier molecular flexibility index (Phi) is 7.04. The number of carbonyl (C=O) groups excluding carboxylic acids is 1. The number of aromatic nitrogens is 1. The summed E-state index contributed by atoms with van der Waals surface area (Å²) in [6.45, 7) is 3.19. The minimum Gasteiger partial charge on any atom is -0.271 e. The molecule has 1 N–H and O–H groups in total. The van der Waals surface area contributed by atoms with Crippen LogP contribution in [0.4, 0.5) is 5.69 Å². The van der Waals surface area contributed by atoms with Crippen LogP contribution in [-0.2, 0) is 14.8 Å². The molecule has 3 aromatic rings. The monoisotopic (exact) mass is 456 g/mol. The first kappa shape index (κ1) is 22.5. The molecular formula is C22H21ClN4O3S. The molecule has 0 saturated carbocycles. The van der Waals surface area contributed by atoms with Gasteiger partial charge in [-0.15, -0.1) is 0 Å². The summed E-state index contributed by atoms with van der Waals surface area (Å²) in [5, 5.41) is 4.25. The van der Waals surface area contributed by atoms with Crippen LogP contribution in [0.1, 0.15) is 16.8 Å². The molecule has 0 bridgehead atoms. The number of hydrazone groups is 1. The Bertz CT molecular complexity index is 1200. The van der Waals surface area contributed by atoms with E-state index in [0.29, 0.717) is 10.7 Å². The quantitative estimate of drug-likeness (QED) is 0.433. The van der Waals surface area contributed by atoms with Crippen molar-refractivity contribution in [2.24, 2.45) is 5.10 Å². The minimum atomic E-state index is -4.02. The van der Waals surface area contributed by atoms with Gasteiger partial charge in [0.2, 0.25) is 0 Å². The van der Waals surface area contributed by atoms with Crippen molar-refractivity contribution in [2.75, 3.05) is 10.8 Å². The molecular weight excluding hydrogens is 436 g/mol. The number of pyridine rings is 1. The average molecular weight is 457 g/mol. The van der Waals surface area contributed by atoms with E-state index in [1.54, 1.807) is 48.7 Å². The van der Waals surface area contributed by atoms with E-state index in [-0.39, 0.29) is 10.6 Å². The molecule has 7 nitrogen and oxygen atoms in total. The fourth-order valence-electron chi connectivity index (χ4n) is 2.68. The summed E-state index contributed by atoms with van der Waals surface area (Å²) < 4.78 is 27.7. The van der Waals surface area contributed by atoms with E-state index in [1.807, 2.05) is 13.8 Å². The number of aryl methyl sites for hydroxylation is 2. The smallest absolute Gasteiger partial charge is 0.264 e. The van der Waals surface area contributed by atoms with Gasteiger partial charge in [0.05, 0.1) is 22.5 Å². The van der Waals surface area contributed by atoms with Crippen LogP contribution in [0.15, 0.2) is 76.9 Å². The van der Waals surface area contributed by atoms with Gasteiger partial charge in [0.15, 0.2) is 0 Å². The second-order valence-electron chi connectivity index (χ2n) is 6.81. The van der Waals surface area contributed by atoms with Crippen molar-refractivity contribution >= 4 is 39.4 Å². The number of hydrogen-bond donors (Lipinski definition) is 1. The number of carbonyl (C=O) groups is 1. The van der Waals surface area contributed by atoms with Crippen LogP contribution in [0.5, 0.6) is 0 Å². The average Bonchev–Trinajstić information content (AvgIpc) is 2.75.